The lowest BCUT2D eigenvalue weighted by Crippen LogP contribution is -2.16. The highest BCUT2D eigenvalue weighted by molar-refractivity contribution is 9.10. The molecular formula is C17H17BrN6O2. The number of hydrogen-bond acceptors (Lipinski definition) is 5. The van der Waals surface area contributed by atoms with E-state index >= 15 is 0 Å². The van der Waals surface area contributed by atoms with Crippen molar-refractivity contribution in [1.82, 2.24) is 24.6 Å². The van der Waals surface area contributed by atoms with Gasteiger partial charge in [-0.1, -0.05) is 0 Å². The predicted octanol–water partition coefficient (Wildman–Crippen LogP) is 2.10. The number of anilines is 1. The fourth-order valence-corrected chi connectivity index (χ4v) is 3.40. The van der Waals surface area contributed by atoms with Crippen LogP contribution in [-0.4, -0.2) is 38.4 Å². The van der Waals surface area contributed by atoms with Gasteiger partial charge in [-0.25, -0.2) is 4.98 Å². The van der Waals surface area contributed by atoms with Gasteiger partial charge in [0.25, 0.3) is 5.91 Å². The van der Waals surface area contributed by atoms with Crippen LogP contribution in [-0.2, 0) is 13.6 Å². The Bertz CT molecular complexity index is 964. The van der Waals surface area contributed by atoms with E-state index in [9.17, 15) is 4.79 Å². The number of fused-ring (bicyclic) bond motifs is 1. The van der Waals surface area contributed by atoms with Gasteiger partial charge in [-0.2, -0.15) is 5.10 Å². The van der Waals surface area contributed by atoms with E-state index in [1.807, 2.05) is 25.4 Å². The summed E-state index contributed by atoms with van der Waals surface area (Å²) >= 11 is 3.52. The molecule has 26 heavy (non-hydrogen) atoms. The van der Waals surface area contributed by atoms with Gasteiger partial charge in [0.15, 0.2) is 0 Å². The van der Waals surface area contributed by atoms with Gasteiger partial charge in [0.1, 0.15) is 24.4 Å². The van der Waals surface area contributed by atoms with Crippen molar-refractivity contribution in [3.8, 4) is 11.4 Å². The second-order valence-corrected chi connectivity index (χ2v) is 6.82. The number of aromatic nitrogens is 4. The summed E-state index contributed by atoms with van der Waals surface area (Å²) in [6, 6.07) is 3.74. The highest BCUT2D eigenvalue weighted by Crippen LogP contribution is 2.33. The first-order chi connectivity index (χ1) is 12.6. The maximum atomic E-state index is 12.5. The summed E-state index contributed by atoms with van der Waals surface area (Å²) in [7, 11) is 1.84. The maximum Gasteiger partial charge on any atom is 0.275 e. The van der Waals surface area contributed by atoms with Crippen LogP contribution in [0.1, 0.15) is 16.1 Å². The number of imidazole rings is 1. The molecule has 2 aromatic heterocycles. The number of carbonyl (C=O) groups is 1. The minimum atomic E-state index is -0.276. The standard InChI is InChI=1S/C17H17BrN6O2/c1-23-8-13(7-21-23)24-9-15(20-10-24)17(25)22-12-4-11-6-19-2-3-26-16(11)14(18)5-12/h4-5,7-10,19H,2-3,6H2,1H3,(H,22,25). The number of amides is 1. The molecule has 3 heterocycles. The van der Waals surface area contributed by atoms with Crippen molar-refractivity contribution >= 4 is 27.5 Å². The molecule has 1 aliphatic rings. The predicted molar refractivity (Wildman–Crippen MR) is 99.6 cm³/mol. The van der Waals surface area contributed by atoms with Gasteiger partial charge in [0.2, 0.25) is 0 Å². The zero-order chi connectivity index (χ0) is 18.1. The Morgan fingerprint density at radius 2 is 2.27 bits per heavy atom. The quantitative estimate of drug-likeness (QED) is 0.682. The smallest absolute Gasteiger partial charge is 0.275 e. The molecule has 3 aromatic rings. The molecule has 134 valence electrons. The molecule has 1 aromatic carbocycles. The number of halogens is 1. The van der Waals surface area contributed by atoms with Crippen molar-refractivity contribution in [2.75, 3.05) is 18.5 Å². The second kappa shape index (κ2) is 6.93. The molecule has 1 amide bonds. The van der Waals surface area contributed by atoms with Crippen LogP contribution in [0.15, 0.2) is 41.5 Å². The van der Waals surface area contributed by atoms with E-state index in [4.69, 9.17) is 4.74 Å². The normalized spacial score (nSPS) is 13.6. The monoisotopic (exact) mass is 416 g/mol. The molecule has 1 aliphatic heterocycles. The first kappa shape index (κ1) is 16.8. The molecule has 4 rings (SSSR count). The minimum Gasteiger partial charge on any atom is -0.491 e. The molecule has 0 radical (unpaired) electrons. The first-order valence-electron chi connectivity index (χ1n) is 8.10. The summed E-state index contributed by atoms with van der Waals surface area (Å²) in [6.07, 6.45) is 6.83. The van der Waals surface area contributed by atoms with Gasteiger partial charge in [0, 0.05) is 43.8 Å². The van der Waals surface area contributed by atoms with E-state index in [2.05, 4.69) is 36.6 Å². The third-order valence-corrected chi connectivity index (χ3v) is 4.61. The molecule has 0 saturated carbocycles. The summed E-state index contributed by atoms with van der Waals surface area (Å²) < 4.78 is 10.00. The Kier molecular flexibility index (Phi) is 4.48. The van der Waals surface area contributed by atoms with E-state index in [0.717, 1.165) is 28.0 Å². The molecule has 9 heteroatoms. The molecule has 0 unspecified atom stereocenters. The Hall–Kier alpha value is -2.65. The average Bonchev–Trinajstić information content (AvgIpc) is 3.19. The van der Waals surface area contributed by atoms with Gasteiger partial charge in [-0.3, -0.25) is 9.48 Å². The fourth-order valence-electron chi connectivity index (χ4n) is 2.78. The van der Waals surface area contributed by atoms with Crippen molar-refractivity contribution in [2.24, 2.45) is 7.05 Å². The third-order valence-electron chi connectivity index (χ3n) is 4.02. The summed E-state index contributed by atoms with van der Waals surface area (Å²) in [5.41, 5.74) is 2.85. The molecule has 0 bridgehead atoms. The van der Waals surface area contributed by atoms with Crippen LogP contribution in [0.5, 0.6) is 5.75 Å². The van der Waals surface area contributed by atoms with Gasteiger partial charge in [-0.15, -0.1) is 0 Å². The van der Waals surface area contributed by atoms with Crippen molar-refractivity contribution in [2.45, 2.75) is 6.54 Å². The Balaban J connectivity index is 1.54. The summed E-state index contributed by atoms with van der Waals surface area (Å²) in [4.78, 5) is 16.7. The lowest BCUT2D eigenvalue weighted by atomic mass is 10.1. The number of carbonyl (C=O) groups excluding carboxylic acids is 1. The lowest BCUT2D eigenvalue weighted by Gasteiger charge is -2.12. The summed E-state index contributed by atoms with van der Waals surface area (Å²) in [5.74, 6) is 0.538. The summed E-state index contributed by atoms with van der Waals surface area (Å²) in [6.45, 7) is 2.09. The highest BCUT2D eigenvalue weighted by atomic mass is 79.9. The van der Waals surface area contributed by atoms with Crippen LogP contribution in [0, 0.1) is 0 Å². The first-order valence-corrected chi connectivity index (χ1v) is 8.90. The molecule has 2 N–H and O–H groups in total. The number of benzene rings is 1. The molecule has 0 spiro atoms. The molecule has 0 fully saturated rings. The van der Waals surface area contributed by atoms with Crippen LogP contribution >= 0.6 is 15.9 Å². The Morgan fingerprint density at radius 3 is 3.08 bits per heavy atom. The molecule has 0 atom stereocenters. The zero-order valence-corrected chi connectivity index (χ0v) is 15.7. The largest absolute Gasteiger partial charge is 0.491 e. The SMILES string of the molecule is Cn1cc(-n2cnc(C(=O)Nc3cc(Br)c4c(c3)CNCCO4)c2)cn1. The van der Waals surface area contributed by atoms with Gasteiger partial charge in [-0.05, 0) is 28.1 Å². The Labute approximate surface area is 158 Å². The number of nitrogens with one attached hydrogen (secondary N) is 2. The lowest BCUT2D eigenvalue weighted by molar-refractivity contribution is 0.102. The van der Waals surface area contributed by atoms with Gasteiger partial charge in [0.05, 0.1) is 16.4 Å². The van der Waals surface area contributed by atoms with Crippen LogP contribution < -0.4 is 15.4 Å². The molecular weight excluding hydrogens is 400 g/mol. The van der Waals surface area contributed by atoms with Crippen LogP contribution in [0.3, 0.4) is 0 Å². The minimum absolute atomic E-state index is 0.276. The van der Waals surface area contributed by atoms with Gasteiger partial charge >= 0.3 is 0 Å². The van der Waals surface area contributed by atoms with Crippen molar-refractivity contribution in [3.63, 3.8) is 0 Å². The second-order valence-electron chi connectivity index (χ2n) is 5.96. The topological polar surface area (TPSA) is 86.0 Å². The molecule has 8 nitrogen and oxygen atoms in total. The molecule has 0 aliphatic carbocycles. The average molecular weight is 417 g/mol. The summed E-state index contributed by atoms with van der Waals surface area (Å²) in [5, 5.41) is 10.3. The van der Waals surface area contributed by atoms with E-state index in [1.165, 1.54) is 0 Å². The maximum absolute atomic E-state index is 12.5. The number of aryl methyl sites for hydroxylation is 1. The highest BCUT2D eigenvalue weighted by Gasteiger charge is 2.16. The number of rotatable bonds is 3. The van der Waals surface area contributed by atoms with E-state index in [-0.39, 0.29) is 5.91 Å². The zero-order valence-electron chi connectivity index (χ0n) is 14.1. The molecule has 0 saturated heterocycles. The van der Waals surface area contributed by atoms with E-state index in [1.54, 1.807) is 28.0 Å². The fraction of sp³-hybridized carbons (Fsp3) is 0.235. The van der Waals surface area contributed by atoms with Gasteiger partial charge < -0.3 is 19.9 Å². The number of hydrogen-bond donors (Lipinski definition) is 2. The third kappa shape index (κ3) is 3.35. The van der Waals surface area contributed by atoms with Crippen LogP contribution in [0.4, 0.5) is 5.69 Å². The van der Waals surface area contributed by atoms with Crippen LogP contribution in [0.2, 0.25) is 0 Å². The Morgan fingerprint density at radius 1 is 1.38 bits per heavy atom. The number of ether oxygens (including phenoxy) is 1. The van der Waals surface area contributed by atoms with E-state index in [0.29, 0.717) is 24.5 Å². The number of nitrogens with zero attached hydrogens (tertiary/aromatic N) is 4. The van der Waals surface area contributed by atoms with E-state index < -0.39 is 0 Å². The van der Waals surface area contributed by atoms with Crippen LogP contribution in [0.25, 0.3) is 5.69 Å². The van der Waals surface area contributed by atoms with Crippen molar-refractivity contribution < 1.29 is 9.53 Å². The van der Waals surface area contributed by atoms with Crippen molar-refractivity contribution in [1.29, 1.82) is 0 Å². The van der Waals surface area contributed by atoms with Crippen molar-refractivity contribution in [3.05, 3.63) is 52.8 Å².